The molecule has 1 aromatic rings. The minimum absolute atomic E-state index is 0.133. The van der Waals surface area contributed by atoms with Crippen LogP contribution in [-0.2, 0) is 31.8 Å². The van der Waals surface area contributed by atoms with E-state index >= 15 is 0 Å². The van der Waals surface area contributed by atoms with Crippen LogP contribution in [0, 0.1) is 0 Å². The standard InChI is InChI=1S/C17H22F3NO6S2/c18-17(19,20)13-5-6-15-14(11-13)16(12-21-15,7-1-3-9-28(22,23)24)8-2-4-10-29(25,26)27/h5-6,11-12H,1-4,7-10H2,(H,22,23,24)(H,25,26,27)/p+1. The molecule has 0 radical (unpaired) electrons. The number of rotatable bonds is 10. The van der Waals surface area contributed by atoms with Gasteiger partial charge >= 0.3 is 6.18 Å². The summed E-state index contributed by atoms with van der Waals surface area (Å²) >= 11 is 0. The molecule has 0 fully saturated rings. The maximum absolute atomic E-state index is 13.2. The highest BCUT2D eigenvalue weighted by Crippen LogP contribution is 2.41. The minimum Gasteiger partial charge on any atom is -0.286 e. The van der Waals surface area contributed by atoms with Gasteiger partial charge in [0.15, 0.2) is 6.21 Å². The van der Waals surface area contributed by atoms with Crippen LogP contribution in [0.25, 0.3) is 0 Å². The first-order chi connectivity index (χ1) is 13.2. The van der Waals surface area contributed by atoms with Gasteiger partial charge < -0.3 is 0 Å². The van der Waals surface area contributed by atoms with Gasteiger partial charge in [-0.25, -0.2) is 4.99 Å². The molecule has 0 saturated heterocycles. The second-order valence-electron chi connectivity index (χ2n) is 7.19. The second-order valence-corrected chi connectivity index (χ2v) is 10.3. The highest BCUT2D eigenvalue weighted by molar-refractivity contribution is 7.86. The van der Waals surface area contributed by atoms with Crippen molar-refractivity contribution in [3.05, 3.63) is 29.3 Å². The molecule has 12 heteroatoms. The summed E-state index contributed by atoms with van der Waals surface area (Å²) in [4.78, 5) is 2.96. The van der Waals surface area contributed by atoms with Crippen molar-refractivity contribution in [1.82, 2.24) is 0 Å². The predicted molar refractivity (Wildman–Crippen MR) is 100 cm³/mol. The van der Waals surface area contributed by atoms with Crippen LogP contribution in [0.3, 0.4) is 0 Å². The Morgan fingerprint density at radius 3 is 1.86 bits per heavy atom. The fraction of sp³-hybridized carbons (Fsp3) is 0.588. The number of unbranched alkanes of at least 4 members (excludes halogenated alkanes) is 2. The summed E-state index contributed by atoms with van der Waals surface area (Å²) in [6.45, 7) is 0. The van der Waals surface area contributed by atoms with Crippen molar-refractivity contribution >= 4 is 32.1 Å². The zero-order chi connectivity index (χ0) is 21.9. The lowest BCUT2D eigenvalue weighted by atomic mass is 9.74. The first kappa shape index (κ1) is 23.8. The molecule has 164 valence electrons. The van der Waals surface area contributed by atoms with Crippen LogP contribution >= 0.6 is 0 Å². The monoisotopic (exact) mass is 458 g/mol. The molecular weight excluding hydrogens is 435 g/mol. The Balaban J connectivity index is 2.23. The van der Waals surface area contributed by atoms with Gasteiger partial charge in [0.05, 0.1) is 22.5 Å². The SMILES string of the molecule is O=S(=O)(O)CCCCC1(CCCCS(=O)(=O)O)C=[NH+]c2ccc(C(F)(F)F)cc21. The lowest BCUT2D eigenvalue weighted by Crippen LogP contribution is -2.60. The van der Waals surface area contributed by atoms with Crippen molar-refractivity contribution in [2.45, 2.75) is 50.1 Å². The summed E-state index contributed by atoms with van der Waals surface area (Å²) in [6.07, 6.45) is -1.33. The van der Waals surface area contributed by atoms with Crippen LogP contribution in [0.2, 0.25) is 0 Å². The Morgan fingerprint density at radius 2 is 1.41 bits per heavy atom. The van der Waals surface area contributed by atoms with Gasteiger partial charge in [0.25, 0.3) is 20.2 Å². The summed E-state index contributed by atoms with van der Waals surface area (Å²) in [5.41, 5.74) is -0.753. The third-order valence-electron chi connectivity index (χ3n) is 4.94. The molecule has 0 unspecified atom stereocenters. The lowest BCUT2D eigenvalue weighted by Gasteiger charge is -2.25. The van der Waals surface area contributed by atoms with E-state index in [1.54, 1.807) is 6.21 Å². The zero-order valence-corrected chi connectivity index (χ0v) is 17.1. The quantitative estimate of drug-likeness (QED) is 0.363. The van der Waals surface area contributed by atoms with E-state index in [0.29, 0.717) is 36.9 Å². The van der Waals surface area contributed by atoms with Crippen LogP contribution in [0.15, 0.2) is 18.2 Å². The maximum Gasteiger partial charge on any atom is 0.416 e. The summed E-state index contributed by atoms with van der Waals surface area (Å²) in [5.74, 6) is -0.899. The molecule has 0 saturated carbocycles. The van der Waals surface area contributed by atoms with Crippen LogP contribution in [0.5, 0.6) is 0 Å². The molecule has 2 rings (SSSR count). The normalized spacial score (nSPS) is 16.2. The highest BCUT2D eigenvalue weighted by atomic mass is 32.2. The van der Waals surface area contributed by atoms with Crippen molar-refractivity contribution in [2.75, 3.05) is 11.5 Å². The summed E-state index contributed by atoms with van der Waals surface area (Å²) in [7, 11) is -8.27. The van der Waals surface area contributed by atoms with Gasteiger partial charge in [-0.3, -0.25) is 9.11 Å². The topological polar surface area (TPSA) is 123 Å². The van der Waals surface area contributed by atoms with E-state index in [2.05, 4.69) is 4.99 Å². The van der Waals surface area contributed by atoms with Gasteiger partial charge in [-0.05, 0) is 37.8 Å². The number of hydrogen-bond acceptors (Lipinski definition) is 4. The van der Waals surface area contributed by atoms with E-state index in [0.717, 1.165) is 12.1 Å². The number of benzene rings is 1. The van der Waals surface area contributed by atoms with Gasteiger partial charge in [-0.15, -0.1) is 0 Å². The molecule has 1 aliphatic heterocycles. The minimum atomic E-state index is -4.53. The van der Waals surface area contributed by atoms with Crippen LogP contribution in [-0.4, -0.2) is 43.7 Å². The van der Waals surface area contributed by atoms with Crippen LogP contribution < -0.4 is 4.99 Å². The van der Waals surface area contributed by atoms with E-state index in [9.17, 15) is 30.0 Å². The molecule has 1 heterocycles. The largest absolute Gasteiger partial charge is 0.416 e. The van der Waals surface area contributed by atoms with E-state index in [1.807, 2.05) is 0 Å². The van der Waals surface area contributed by atoms with Gasteiger partial charge in [-0.1, -0.05) is 12.8 Å². The van der Waals surface area contributed by atoms with Gasteiger partial charge in [-0.2, -0.15) is 30.0 Å². The van der Waals surface area contributed by atoms with E-state index < -0.39 is 48.9 Å². The number of hydrogen-bond donors (Lipinski definition) is 3. The maximum atomic E-state index is 13.2. The fourth-order valence-electron chi connectivity index (χ4n) is 3.54. The molecule has 0 aliphatic carbocycles. The molecular formula is C17H23F3NO6S2+. The molecule has 1 aromatic carbocycles. The van der Waals surface area contributed by atoms with E-state index in [4.69, 9.17) is 9.11 Å². The lowest BCUT2D eigenvalue weighted by molar-refractivity contribution is -0.344. The third kappa shape index (κ3) is 7.05. The van der Waals surface area contributed by atoms with Gasteiger partial charge in [0.2, 0.25) is 5.69 Å². The van der Waals surface area contributed by atoms with Crippen LogP contribution in [0.4, 0.5) is 18.9 Å². The van der Waals surface area contributed by atoms with Crippen LogP contribution in [0.1, 0.15) is 49.7 Å². The van der Waals surface area contributed by atoms with Gasteiger partial charge in [0.1, 0.15) is 0 Å². The zero-order valence-electron chi connectivity index (χ0n) is 15.4. The van der Waals surface area contributed by atoms with Crippen molar-refractivity contribution in [2.24, 2.45) is 0 Å². The second kappa shape index (κ2) is 8.70. The molecule has 0 bridgehead atoms. The van der Waals surface area contributed by atoms with Crippen molar-refractivity contribution < 1.29 is 44.1 Å². The average molecular weight is 458 g/mol. The highest BCUT2D eigenvalue weighted by Gasteiger charge is 2.42. The smallest absolute Gasteiger partial charge is 0.286 e. The molecule has 29 heavy (non-hydrogen) atoms. The number of halogens is 3. The average Bonchev–Trinajstić information content (AvgIpc) is 2.92. The summed E-state index contributed by atoms with van der Waals surface area (Å²) in [6, 6.07) is 3.34. The molecule has 3 N–H and O–H groups in total. The van der Waals surface area contributed by atoms with Crippen molar-refractivity contribution in [3.8, 4) is 0 Å². The molecule has 0 spiro atoms. The Morgan fingerprint density at radius 1 is 0.897 bits per heavy atom. The van der Waals surface area contributed by atoms with Crippen molar-refractivity contribution in [3.63, 3.8) is 0 Å². The molecule has 0 atom stereocenters. The Kier molecular flexibility index (Phi) is 7.13. The first-order valence-electron chi connectivity index (χ1n) is 8.95. The number of fused-ring (bicyclic) bond motifs is 1. The molecule has 0 aromatic heterocycles. The predicted octanol–water partition coefficient (Wildman–Crippen LogP) is 1.86. The molecule has 1 aliphatic rings. The van der Waals surface area contributed by atoms with E-state index in [1.165, 1.54) is 6.07 Å². The summed E-state index contributed by atoms with van der Waals surface area (Å²) < 4.78 is 101. The van der Waals surface area contributed by atoms with Gasteiger partial charge in [0, 0.05) is 11.6 Å². The van der Waals surface area contributed by atoms with Crippen molar-refractivity contribution in [1.29, 1.82) is 0 Å². The van der Waals surface area contributed by atoms with E-state index in [-0.39, 0.29) is 12.8 Å². The third-order valence-corrected chi connectivity index (χ3v) is 6.55. The summed E-state index contributed by atoms with van der Waals surface area (Å²) in [5, 5.41) is 0. The number of alkyl halides is 3. The first-order valence-corrected chi connectivity index (χ1v) is 12.2. The Labute approximate surface area is 167 Å². The Hall–Kier alpha value is -1.50. The number of nitrogens with one attached hydrogen (secondary N) is 1. The Bertz CT molecular complexity index is 931. The fourth-order valence-corrected chi connectivity index (χ4v) is 4.68. The molecule has 7 nitrogen and oxygen atoms in total. The molecule has 0 amide bonds.